The third kappa shape index (κ3) is 13.0. The van der Waals surface area contributed by atoms with E-state index < -0.39 is 16.3 Å². The van der Waals surface area contributed by atoms with Crippen molar-refractivity contribution < 1.29 is 0 Å². The fourth-order valence-electron chi connectivity index (χ4n) is 3.52. The van der Waals surface area contributed by atoms with Gasteiger partial charge in [0.15, 0.2) is 0 Å². The molecule has 0 bridgehead atoms. The lowest BCUT2D eigenvalue weighted by molar-refractivity contribution is 0.396. The van der Waals surface area contributed by atoms with Crippen LogP contribution in [0.25, 0.3) is 0 Å². The molecule has 3 heteroatoms. The van der Waals surface area contributed by atoms with Crippen LogP contribution in [0.3, 0.4) is 0 Å². The van der Waals surface area contributed by atoms with Gasteiger partial charge < -0.3 is 4.57 Å². The van der Waals surface area contributed by atoms with Crippen molar-refractivity contribution in [3.05, 3.63) is 12.3 Å². The van der Waals surface area contributed by atoms with Gasteiger partial charge in [0, 0.05) is 0 Å². The van der Waals surface area contributed by atoms with Crippen LogP contribution in [0.5, 0.6) is 0 Å². The Hall–Kier alpha value is 0.134. The number of rotatable bonds is 17. The monoisotopic (exact) mass is 383 g/mol. The zero-order chi connectivity index (χ0) is 19.2. The highest BCUT2D eigenvalue weighted by molar-refractivity contribution is 6.82. The topological polar surface area (TPSA) is 3.24 Å². The average molecular weight is 384 g/mol. The van der Waals surface area contributed by atoms with Crippen LogP contribution in [0.4, 0.5) is 0 Å². The maximum Gasteiger partial charge on any atom is 0.122 e. The average Bonchev–Trinajstić information content (AvgIpc) is 2.57. The van der Waals surface area contributed by atoms with Gasteiger partial charge in [-0.2, -0.15) is 0 Å². The fourth-order valence-corrected chi connectivity index (χ4v) is 7.84. The molecule has 0 aliphatic heterocycles. The van der Waals surface area contributed by atoms with Gasteiger partial charge in [-0.15, -0.1) is 12.3 Å². The Morgan fingerprint density at radius 2 is 1.12 bits per heavy atom. The molecule has 0 aromatic carbocycles. The summed E-state index contributed by atoms with van der Waals surface area (Å²) in [5.74, 6) is 0. The van der Waals surface area contributed by atoms with Gasteiger partial charge in [0.05, 0.1) is 8.07 Å². The van der Waals surface area contributed by atoms with Crippen LogP contribution >= 0.6 is 0 Å². The third-order valence-corrected chi connectivity index (χ3v) is 12.3. The molecule has 0 aromatic heterocycles. The van der Waals surface area contributed by atoms with E-state index in [-0.39, 0.29) is 0 Å². The van der Waals surface area contributed by atoms with Gasteiger partial charge in [-0.3, -0.25) is 0 Å². The molecule has 0 amide bonds. The van der Waals surface area contributed by atoms with Crippen LogP contribution in [0, 0.1) is 0 Å². The summed E-state index contributed by atoms with van der Waals surface area (Å²) in [6, 6.07) is 2.93. The Bertz CT molecular complexity index is 318. The number of unbranched alkanes of at least 4 members (excludes halogenated alkanes) is 7. The normalized spacial score (nSPS) is 12.8. The summed E-state index contributed by atoms with van der Waals surface area (Å²) in [5.41, 5.74) is 2.25. The van der Waals surface area contributed by atoms with Gasteiger partial charge in [-0.25, -0.2) is 0 Å². The fraction of sp³-hybridized carbons (Fsp3) is 0.909. The molecule has 0 atom stereocenters. The minimum atomic E-state index is -1.18. The van der Waals surface area contributed by atoms with Crippen molar-refractivity contribution >= 4 is 16.3 Å². The van der Waals surface area contributed by atoms with E-state index >= 15 is 0 Å². The molecule has 0 saturated carbocycles. The highest BCUT2D eigenvalue weighted by Crippen LogP contribution is 2.22. The van der Waals surface area contributed by atoms with E-state index in [1.807, 2.05) is 0 Å². The van der Waals surface area contributed by atoms with Crippen LogP contribution in [-0.2, 0) is 0 Å². The molecule has 1 nitrogen and oxygen atoms in total. The Kier molecular flexibility index (Phi) is 14.3. The Morgan fingerprint density at radius 1 is 0.680 bits per heavy atom. The SMILES string of the molecule is C=C[Si](C)(C)CCCCCCCC[Si](C)(C)N(CCCC)CCCC. The second-order valence-corrected chi connectivity index (χ2v) is 19.0. The van der Waals surface area contributed by atoms with Gasteiger partial charge in [0.1, 0.15) is 8.24 Å². The zero-order valence-corrected chi connectivity index (χ0v) is 20.6. The summed E-state index contributed by atoms with van der Waals surface area (Å²) in [5, 5.41) is 0. The lowest BCUT2D eigenvalue weighted by Gasteiger charge is -2.37. The molecule has 0 spiro atoms. The molecular formula is C22H49NSi2. The van der Waals surface area contributed by atoms with E-state index in [1.54, 1.807) is 0 Å². The van der Waals surface area contributed by atoms with E-state index in [2.05, 4.69) is 56.9 Å². The van der Waals surface area contributed by atoms with Gasteiger partial charge in [-0.05, 0) is 32.0 Å². The predicted molar refractivity (Wildman–Crippen MR) is 124 cm³/mol. The largest absolute Gasteiger partial charge is 0.324 e. The van der Waals surface area contributed by atoms with Gasteiger partial charge >= 0.3 is 0 Å². The van der Waals surface area contributed by atoms with E-state index in [0.29, 0.717) is 0 Å². The van der Waals surface area contributed by atoms with E-state index in [1.165, 1.54) is 89.4 Å². The molecule has 0 aliphatic rings. The van der Waals surface area contributed by atoms with Crippen LogP contribution in [0.1, 0.15) is 78.1 Å². The van der Waals surface area contributed by atoms with Crippen molar-refractivity contribution in [1.29, 1.82) is 0 Å². The first-order valence-electron chi connectivity index (χ1n) is 11.2. The zero-order valence-electron chi connectivity index (χ0n) is 18.6. The molecule has 0 saturated heterocycles. The van der Waals surface area contributed by atoms with E-state index in [4.69, 9.17) is 0 Å². The lowest BCUT2D eigenvalue weighted by atomic mass is 10.1. The second kappa shape index (κ2) is 14.2. The Labute approximate surface area is 162 Å². The molecule has 0 aliphatic carbocycles. The van der Waals surface area contributed by atoms with Crippen LogP contribution < -0.4 is 0 Å². The van der Waals surface area contributed by atoms with Crippen molar-refractivity contribution in [3.8, 4) is 0 Å². The number of hydrogen-bond acceptors (Lipinski definition) is 1. The van der Waals surface area contributed by atoms with E-state index in [9.17, 15) is 0 Å². The van der Waals surface area contributed by atoms with Crippen LogP contribution in [-0.4, -0.2) is 34.0 Å². The first-order valence-corrected chi connectivity index (χ1v) is 17.6. The molecule has 0 N–H and O–H groups in total. The standard InChI is InChI=1S/C22H49NSi2/c1-8-11-19-23(20-12-9-2)25(6,7)22-18-16-14-13-15-17-21-24(4,5)10-3/h10H,3,8-9,11-22H2,1-2,4-7H3. The molecule has 25 heavy (non-hydrogen) atoms. The molecule has 150 valence electrons. The summed E-state index contributed by atoms with van der Waals surface area (Å²) < 4.78 is 2.90. The van der Waals surface area contributed by atoms with E-state index in [0.717, 1.165) is 0 Å². The van der Waals surface area contributed by atoms with Gasteiger partial charge in [0.25, 0.3) is 0 Å². The maximum absolute atomic E-state index is 4.01. The summed E-state index contributed by atoms with van der Waals surface area (Å²) in [6.07, 6.45) is 14.1. The van der Waals surface area contributed by atoms with Crippen LogP contribution in [0.15, 0.2) is 12.3 Å². The van der Waals surface area contributed by atoms with Crippen molar-refractivity contribution in [2.24, 2.45) is 0 Å². The van der Waals surface area contributed by atoms with Crippen molar-refractivity contribution in [1.82, 2.24) is 4.57 Å². The van der Waals surface area contributed by atoms with Gasteiger partial charge in [-0.1, -0.05) is 97.4 Å². The first-order chi connectivity index (χ1) is 11.8. The molecule has 0 aromatic rings. The first kappa shape index (κ1) is 25.1. The summed E-state index contributed by atoms with van der Waals surface area (Å²) in [4.78, 5) is 0. The lowest BCUT2D eigenvalue weighted by Crippen LogP contribution is -2.49. The molecule has 0 heterocycles. The van der Waals surface area contributed by atoms with Crippen molar-refractivity contribution in [3.63, 3.8) is 0 Å². The Balaban J connectivity index is 3.92. The predicted octanol–water partition coefficient (Wildman–Crippen LogP) is 7.87. The van der Waals surface area contributed by atoms with Crippen molar-refractivity contribution in [2.45, 2.75) is 116 Å². The quantitative estimate of drug-likeness (QED) is 0.182. The molecule has 0 rings (SSSR count). The minimum absolute atomic E-state index is 1.05. The highest BCUT2D eigenvalue weighted by Gasteiger charge is 2.27. The van der Waals surface area contributed by atoms with Crippen molar-refractivity contribution in [2.75, 3.05) is 13.1 Å². The number of nitrogens with zero attached hydrogens (tertiary/aromatic N) is 1. The number of hydrogen-bond donors (Lipinski definition) is 0. The Morgan fingerprint density at radius 3 is 1.56 bits per heavy atom. The minimum Gasteiger partial charge on any atom is -0.324 e. The smallest absolute Gasteiger partial charge is 0.122 e. The third-order valence-electron chi connectivity index (χ3n) is 5.83. The molecule has 0 unspecified atom stereocenters. The summed E-state index contributed by atoms with van der Waals surface area (Å²) in [6.45, 7) is 21.5. The maximum atomic E-state index is 4.01. The van der Waals surface area contributed by atoms with Gasteiger partial charge in [0.2, 0.25) is 0 Å². The summed E-state index contributed by atoms with van der Waals surface area (Å²) >= 11 is 0. The summed E-state index contributed by atoms with van der Waals surface area (Å²) in [7, 11) is -2.23. The highest BCUT2D eigenvalue weighted by atomic mass is 28.3. The molecule has 0 fully saturated rings. The molecule has 0 radical (unpaired) electrons. The second-order valence-electron chi connectivity index (χ2n) is 9.32. The molecular weight excluding hydrogens is 334 g/mol. The van der Waals surface area contributed by atoms with Crippen LogP contribution in [0.2, 0.25) is 38.3 Å².